The summed E-state index contributed by atoms with van der Waals surface area (Å²) in [7, 11) is 1.86. The molecule has 2 rings (SSSR count). The van der Waals surface area contributed by atoms with E-state index in [0.717, 1.165) is 11.3 Å². The Kier molecular flexibility index (Phi) is 2.02. The van der Waals surface area contributed by atoms with Gasteiger partial charge in [-0.1, -0.05) is 18.2 Å². The third-order valence-corrected chi connectivity index (χ3v) is 2.32. The summed E-state index contributed by atoms with van der Waals surface area (Å²) in [4.78, 5) is 11.5. The number of rotatable bonds is 2. The smallest absolute Gasteiger partial charge is 0.233 e. The molecule has 0 saturated carbocycles. The van der Waals surface area contributed by atoms with Gasteiger partial charge >= 0.3 is 0 Å². The summed E-state index contributed by atoms with van der Waals surface area (Å²) in [6.07, 6.45) is 0. The van der Waals surface area contributed by atoms with Crippen molar-refractivity contribution in [1.29, 1.82) is 0 Å². The van der Waals surface area contributed by atoms with E-state index in [1.165, 1.54) is 0 Å². The van der Waals surface area contributed by atoms with Gasteiger partial charge in [-0.05, 0) is 18.7 Å². The van der Waals surface area contributed by atoms with E-state index in [0.29, 0.717) is 6.54 Å². The summed E-state index contributed by atoms with van der Waals surface area (Å²) < 4.78 is 0. The van der Waals surface area contributed by atoms with Gasteiger partial charge in [0.15, 0.2) is 0 Å². The highest BCUT2D eigenvalue weighted by Gasteiger charge is 2.28. The number of hydrogen-bond acceptors (Lipinski definition) is 2. The van der Waals surface area contributed by atoms with E-state index in [-0.39, 0.29) is 11.8 Å². The van der Waals surface area contributed by atoms with Crippen molar-refractivity contribution in [3.8, 4) is 0 Å². The molecule has 0 radical (unpaired) electrons. The van der Waals surface area contributed by atoms with Gasteiger partial charge in [-0.15, -0.1) is 0 Å². The highest BCUT2D eigenvalue weighted by atomic mass is 16.2. The molecule has 0 spiro atoms. The Bertz CT molecular complexity index is 335. The zero-order valence-electron chi connectivity index (χ0n) is 7.50. The highest BCUT2D eigenvalue weighted by Crippen LogP contribution is 2.31. The number of para-hydroxylation sites is 1. The minimum atomic E-state index is -0.0267. The second-order valence-electron chi connectivity index (χ2n) is 3.19. The van der Waals surface area contributed by atoms with Crippen molar-refractivity contribution in [3.63, 3.8) is 0 Å². The summed E-state index contributed by atoms with van der Waals surface area (Å²) in [6.45, 7) is 0.697. The van der Waals surface area contributed by atoms with Crippen molar-refractivity contribution in [2.45, 2.75) is 5.92 Å². The van der Waals surface area contributed by atoms with Crippen LogP contribution in [-0.4, -0.2) is 19.5 Å². The lowest BCUT2D eigenvalue weighted by molar-refractivity contribution is -0.116. The first kappa shape index (κ1) is 8.26. The van der Waals surface area contributed by atoms with Crippen LogP contribution in [0.2, 0.25) is 0 Å². The molecule has 1 unspecified atom stereocenters. The maximum absolute atomic E-state index is 11.5. The summed E-state index contributed by atoms with van der Waals surface area (Å²) in [5.41, 5.74) is 2.05. The molecule has 3 heteroatoms. The number of benzene rings is 1. The molecule has 1 aromatic rings. The second kappa shape index (κ2) is 3.18. The summed E-state index contributed by atoms with van der Waals surface area (Å²) in [6, 6.07) is 7.82. The van der Waals surface area contributed by atoms with Gasteiger partial charge in [-0.3, -0.25) is 4.79 Å². The molecule has 0 fully saturated rings. The molecule has 1 atom stereocenters. The van der Waals surface area contributed by atoms with E-state index >= 15 is 0 Å². The van der Waals surface area contributed by atoms with Gasteiger partial charge in [0, 0.05) is 12.2 Å². The molecule has 0 aromatic heterocycles. The number of nitrogens with one attached hydrogen (secondary N) is 2. The normalized spacial score (nSPS) is 19.8. The first-order valence-electron chi connectivity index (χ1n) is 4.37. The third kappa shape index (κ3) is 1.31. The standard InChI is InChI=1S/C10H12N2O/c1-11-6-8-7-4-2-3-5-9(7)12-10(8)13/h2-5,8,11H,6H2,1H3,(H,12,13). The lowest BCUT2D eigenvalue weighted by Gasteiger charge is -2.06. The Morgan fingerprint density at radius 1 is 1.46 bits per heavy atom. The van der Waals surface area contributed by atoms with E-state index in [2.05, 4.69) is 10.6 Å². The summed E-state index contributed by atoms with van der Waals surface area (Å²) in [5.74, 6) is 0.0664. The van der Waals surface area contributed by atoms with E-state index in [9.17, 15) is 4.79 Å². The lowest BCUT2D eigenvalue weighted by Crippen LogP contribution is -2.23. The van der Waals surface area contributed by atoms with Crippen molar-refractivity contribution < 1.29 is 4.79 Å². The number of carbonyl (C=O) groups is 1. The monoisotopic (exact) mass is 176 g/mol. The number of carbonyl (C=O) groups excluding carboxylic acids is 1. The van der Waals surface area contributed by atoms with Gasteiger partial charge in [0.1, 0.15) is 0 Å². The molecule has 0 saturated heterocycles. The quantitative estimate of drug-likeness (QED) is 0.704. The zero-order valence-corrected chi connectivity index (χ0v) is 7.50. The maximum atomic E-state index is 11.5. The Balaban J connectivity index is 2.35. The van der Waals surface area contributed by atoms with Crippen LogP contribution in [0.4, 0.5) is 5.69 Å². The first-order chi connectivity index (χ1) is 6.33. The van der Waals surface area contributed by atoms with Gasteiger partial charge in [0.05, 0.1) is 5.92 Å². The van der Waals surface area contributed by atoms with Gasteiger partial charge in [0.2, 0.25) is 5.91 Å². The molecule has 68 valence electrons. The van der Waals surface area contributed by atoms with Gasteiger partial charge in [-0.2, -0.15) is 0 Å². The maximum Gasteiger partial charge on any atom is 0.233 e. The van der Waals surface area contributed by atoms with Crippen LogP contribution < -0.4 is 10.6 Å². The van der Waals surface area contributed by atoms with Crippen LogP contribution in [0.15, 0.2) is 24.3 Å². The average molecular weight is 176 g/mol. The van der Waals surface area contributed by atoms with E-state index < -0.39 is 0 Å². The minimum absolute atomic E-state index is 0.0267. The Hall–Kier alpha value is -1.35. The highest BCUT2D eigenvalue weighted by molar-refractivity contribution is 6.02. The van der Waals surface area contributed by atoms with Crippen LogP contribution in [0.3, 0.4) is 0 Å². The first-order valence-corrected chi connectivity index (χ1v) is 4.37. The fourth-order valence-electron chi connectivity index (χ4n) is 1.68. The number of anilines is 1. The molecule has 1 amide bonds. The molecule has 1 heterocycles. The Labute approximate surface area is 77.1 Å². The molecule has 1 aromatic carbocycles. The lowest BCUT2D eigenvalue weighted by atomic mass is 10.0. The molecule has 1 aliphatic heterocycles. The van der Waals surface area contributed by atoms with Crippen molar-refractivity contribution >= 4 is 11.6 Å². The second-order valence-corrected chi connectivity index (χ2v) is 3.19. The molecule has 1 aliphatic rings. The van der Waals surface area contributed by atoms with Crippen LogP contribution in [0.1, 0.15) is 11.5 Å². The predicted octanol–water partition coefficient (Wildman–Crippen LogP) is 0.942. The van der Waals surface area contributed by atoms with Crippen LogP contribution in [0.5, 0.6) is 0 Å². The van der Waals surface area contributed by atoms with Crippen molar-refractivity contribution in [1.82, 2.24) is 5.32 Å². The number of amides is 1. The minimum Gasteiger partial charge on any atom is -0.325 e. The van der Waals surface area contributed by atoms with E-state index in [1.807, 2.05) is 31.3 Å². The van der Waals surface area contributed by atoms with Gasteiger partial charge in [-0.25, -0.2) is 0 Å². The topological polar surface area (TPSA) is 41.1 Å². The Morgan fingerprint density at radius 3 is 3.00 bits per heavy atom. The predicted molar refractivity (Wildman–Crippen MR) is 51.7 cm³/mol. The van der Waals surface area contributed by atoms with Crippen molar-refractivity contribution in [2.24, 2.45) is 0 Å². The van der Waals surface area contributed by atoms with E-state index in [1.54, 1.807) is 0 Å². The third-order valence-electron chi connectivity index (χ3n) is 2.32. The largest absolute Gasteiger partial charge is 0.325 e. The molecule has 0 bridgehead atoms. The van der Waals surface area contributed by atoms with Crippen LogP contribution in [0, 0.1) is 0 Å². The van der Waals surface area contributed by atoms with Crippen LogP contribution in [0.25, 0.3) is 0 Å². The number of likely N-dealkylation sites (N-methyl/N-ethyl adjacent to an activating group) is 1. The molecular weight excluding hydrogens is 164 g/mol. The SMILES string of the molecule is CNCC1C(=O)Nc2ccccc21. The van der Waals surface area contributed by atoms with Crippen molar-refractivity contribution in [2.75, 3.05) is 18.9 Å². The fourth-order valence-corrected chi connectivity index (χ4v) is 1.68. The number of fused-ring (bicyclic) bond motifs is 1. The Morgan fingerprint density at radius 2 is 2.23 bits per heavy atom. The van der Waals surface area contributed by atoms with Crippen LogP contribution >= 0.6 is 0 Å². The van der Waals surface area contributed by atoms with Crippen LogP contribution in [-0.2, 0) is 4.79 Å². The van der Waals surface area contributed by atoms with Gasteiger partial charge in [0.25, 0.3) is 0 Å². The summed E-state index contributed by atoms with van der Waals surface area (Å²) >= 11 is 0. The van der Waals surface area contributed by atoms with E-state index in [4.69, 9.17) is 0 Å². The number of hydrogen-bond donors (Lipinski definition) is 2. The molecule has 2 N–H and O–H groups in total. The molecular formula is C10H12N2O. The van der Waals surface area contributed by atoms with Crippen molar-refractivity contribution in [3.05, 3.63) is 29.8 Å². The molecule has 13 heavy (non-hydrogen) atoms. The zero-order chi connectivity index (χ0) is 9.26. The average Bonchev–Trinajstić information content (AvgIpc) is 2.44. The molecule has 3 nitrogen and oxygen atoms in total. The fraction of sp³-hybridized carbons (Fsp3) is 0.300. The summed E-state index contributed by atoms with van der Waals surface area (Å²) in [5, 5.41) is 5.87. The molecule has 0 aliphatic carbocycles. The van der Waals surface area contributed by atoms with Gasteiger partial charge < -0.3 is 10.6 Å².